The first-order valence-electron chi connectivity index (χ1n) is 5.29. The van der Waals surface area contributed by atoms with Crippen molar-refractivity contribution in [1.29, 1.82) is 5.26 Å². The van der Waals surface area contributed by atoms with Gasteiger partial charge in [-0.1, -0.05) is 27.5 Å². The molecule has 2 rings (SSSR count). The van der Waals surface area contributed by atoms with Crippen molar-refractivity contribution >= 4 is 44.4 Å². The summed E-state index contributed by atoms with van der Waals surface area (Å²) >= 11 is 9.53. The Labute approximate surface area is 123 Å². The summed E-state index contributed by atoms with van der Waals surface area (Å²) in [6.07, 6.45) is 0. The molecule has 0 fully saturated rings. The first-order valence-corrected chi connectivity index (χ1v) is 6.78. The van der Waals surface area contributed by atoms with E-state index in [4.69, 9.17) is 21.6 Å². The van der Waals surface area contributed by atoms with E-state index in [-0.39, 0.29) is 10.6 Å². The molecule has 0 N–H and O–H groups in total. The third kappa shape index (κ3) is 2.42. The van der Waals surface area contributed by atoms with Crippen LogP contribution in [-0.2, 0) is 10.1 Å². The Morgan fingerprint density at radius 1 is 1.58 bits per heavy atom. The van der Waals surface area contributed by atoms with Crippen LogP contribution < -0.4 is 0 Å². The normalized spacial score (nSPS) is 10.2. The van der Waals surface area contributed by atoms with Crippen LogP contribution in [0.1, 0.15) is 21.6 Å². The zero-order valence-corrected chi connectivity index (χ0v) is 12.2. The molecule has 0 atom stereocenters. The van der Waals surface area contributed by atoms with Crippen molar-refractivity contribution < 1.29 is 9.53 Å². The molecule has 0 saturated heterocycles. The molecule has 1 heterocycles. The second kappa shape index (κ2) is 5.55. The molecule has 0 unspecified atom stereocenters. The van der Waals surface area contributed by atoms with Crippen LogP contribution in [0.5, 0.6) is 0 Å². The van der Waals surface area contributed by atoms with Gasteiger partial charge in [0.05, 0.1) is 35.0 Å². The molecule has 0 saturated carbocycles. The summed E-state index contributed by atoms with van der Waals surface area (Å²) in [6, 6.07) is 6.99. The molecular formula is C13H8BrClN2O2. The molecule has 0 spiro atoms. The number of halogens is 2. The van der Waals surface area contributed by atoms with Crippen LogP contribution in [0, 0.1) is 11.3 Å². The molecule has 1 aromatic carbocycles. The van der Waals surface area contributed by atoms with Gasteiger partial charge in [0.2, 0.25) is 0 Å². The monoisotopic (exact) mass is 338 g/mol. The fraction of sp³-hybridized carbons (Fsp3) is 0.154. The van der Waals surface area contributed by atoms with Crippen molar-refractivity contribution in [2.45, 2.75) is 5.33 Å². The van der Waals surface area contributed by atoms with E-state index in [1.807, 2.05) is 6.07 Å². The lowest BCUT2D eigenvalue weighted by Gasteiger charge is -2.10. The van der Waals surface area contributed by atoms with Gasteiger partial charge in [0.15, 0.2) is 0 Å². The SMILES string of the molecule is COC(=O)c1c(CBr)nc2ccc(C#N)cc2c1Cl. The third-order valence-electron chi connectivity index (χ3n) is 2.64. The molecule has 96 valence electrons. The van der Waals surface area contributed by atoms with Gasteiger partial charge >= 0.3 is 5.97 Å². The largest absolute Gasteiger partial charge is 0.465 e. The summed E-state index contributed by atoms with van der Waals surface area (Å²) in [7, 11) is 1.28. The summed E-state index contributed by atoms with van der Waals surface area (Å²) in [5.41, 5.74) is 1.82. The minimum Gasteiger partial charge on any atom is -0.465 e. The molecule has 0 bridgehead atoms. The van der Waals surface area contributed by atoms with Gasteiger partial charge in [-0.05, 0) is 18.2 Å². The van der Waals surface area contributed by atoms with E-state index in [2.05, 4.69) is 20.9 Å². The Kier molecular flexibility index (Phi) is 4.03. The van der Waals surface area contributed by atoms with Crippen molar-refractivity contribution in [2.75, 3.05) is 7.11 Å². The van der Waals surface area contributed by atoms with Crippen LogP contribution >= 0.6 is 27.5 Å². The number of ether oxygens (including phenoxy) is 1. The molecule has 4 nitrogen and oxygen atoms in total. The van der Waals surface area contributed by atoms with Crippen molar-refractivity contribution in [2.24, 2.45) is 0 Å². The standard InChI is InChI=1S/C13H8BrClN2O2/c1-19-13(18)11-10(5-14)17-9-3-2-7(6-16)4-8(9)12(11)15/h2-4H,5H2,1H3. The van der Waals surface area contributed by atoms with Gasteiger partial charge in [0, 0.05) is 10.7 Å². The first-order chi connectivity index (χ1) is 9.12. The fourth-order valence-corrected chi connectivity index (χ4v) is 2.49. The lowest BCUT2D eigenvalue weighted by Crippen LogP contribution is -2.08. The highest BCUT2D eigenvalue weighted by atomic mass is 79.9. The number of hydrogen-bond donors (Lipinski definition) is 0. The number of aromatic nitrogens is 1. The highest BCUT2D eigenvalue weighted by Crippen LogP contribution is 2.30. The highest BCUT2D eigenvalue weighted by molar-refractivity contribution is 9.08. The third-order valence-corrected chi connectivity index (χ3v) is 3.57. The van der Waals surface area contributed by atoms with Crippen molar-refractivity contribution in [3.63, 3.8) is 0 Å². The first kappa shape index (κ1) is 13.8. The number of rotatable bonds is 2. The van der Waals surface area contributed by atoms with Crippen LogP contribution in [0.2, 0.25) is 5.02 Å². The molecule has 0 amide bonds. The maximum absolute atomic E-state index is 11.8. The predicted molar refractivity (Wildman–Crippen MR) is 75.4 cm³/mol. The van der Waals surface area contributed by atoms with Crippen LogP contribution in [-0.4, -0.2) is 18.1 Å². The number of esters is 1. The van der Waals surface area contributed by atoms with Crippen LogP contribution in [0.15, 0.2) is 18.2 Å². The van der Waals surface area contributed by atoms with E-state index in [1.54, 1.807) is 18.2 Å². The number of alkyl halides is 1. The highest BCUT2D eigenvalue weighted by Gasteiger charge is 2.20. The van der Waals surface area contributed by atoms with Crippen molar-refractivity contribution in [1.82, 2.24) is 4.98 Å². The smallest absolute Gasteiger partial charge is 0.341 e. The molecule has 0 aliphatic rings. The molecular weight excluding hydrogens is 332 g/mol. The molecule has 6 heteroatoms. The summed E-state index contributed by atoms with van der Waals surface area (Å²) in [4.78, 5) is 16.1. The summed E-state index contributed by atoms with van der Waals surface area (Å²) in [5, 5.41) is 10.1. The number of hydrogen-bond acceptors (Lipinski definition) is 4. The maximum atomic E-state index is 11.8. The van der Waals surface area contributed by atoms with E-state index in [1.165, 1.54) is 7.11 Å². The number of methoxy groups -OCH3 is 1. The minimum atomic E-state index is -0.545. The number of carbonyl (C=O) groups is 1. The van der Waals surface area contributed by atoms with Gasteiger partial charge in [0.25, 0.3) is 0 Å². The molecule has 0 aliphatic heterocycles. The summed E-state index contributed by atoms with van der Waals surface area (Å²) < 4.78 is 4.72. The number of benzene rings is 1. The Balaban J connectivity index is 2.84. The second-order valence-electron chi connectivity index (χ2n) is 3.72. The number of nitriles is 1. The zero-order chi connectivity index (χ0) is 14.0. The van der Waals surface area contributed by atoms with E-state index in [0.29, 0.717) is 27.5 Å². The Hall–Kier alpha value is -1.64. The molecule has 19 heavy (non-hydrogen) atoms. The number of pyridine rings is 1. The maximum Gasteiger partial charge on any atom is 0.341 e. The molecule has 1 aromatic heterocycles. The molecule has 0 radical (unpaired) electrons. The minimum absolute atomic E-state index is 0.226. The second-order valence-corrected chi connectivity index (χ2v) is 4.66. The van der Waals surface area contributed by atoms with Crippen LogP contribution in [0.25, 0.3) is 10.9 Å². The summed E-state index contributed by atoms with van der Waals surface area (Å²) in [6.45, 7) is 0. The predicted octanol–water partition coefficient (Wildman–Crippen LogP) is 3.44. The van der Waals surface area contributed by atoms with E-state index < -0.39 is 5.97 Å². The summed E-state index contributed by atoms with van der Waals surface area (Å²) in [5.74, 6) is -0.545. The lowest BCUT2D eigenvalue weighted by molar-refractivity contribution is 0.0599. The van der Waals surface area contributed by atoms with Crippen molar-refractivity contribution in [3.8, 4) is 6.07 Å². The molecule has 0 aliphatic carbocycles. The van der Waals surface area contributed by atoms with Gasteiger partial charge in [-0.15, -0.1) is 0 Å². The number of carbonyl (C=O) groups excluding carboxylic acids is 1. The van der Waals surface area contributed by atoms with E-state index in [0.717, 1.165) is 0 Å². The Morgan fingerprint density at radius 2 is 2.32 bits per heavy atom. The topological polar surface area (TPSA) is 63.0 Å². The average Bonchev–Trinajstić information content (AvgIpc) is 2.45. The van der Waals surface area contributed by atoms with E-state index in [9.17, 15) is 4.79 Å². The lowest BCUT2D eigenvalue weighted by atomic mass is 10.1. The number of fused-ring (bicyclic) bond motifs is 1. The van der Waals surface area contributed by atoms with Gasteiger partial charge in [-0.25, -0.2) is 4.79 Å². The van der Waals surface area contributed by atoms with Crippen molar-refractivity contribution in [3.05, 3.63) is 40.0 Å². The quantitative estimate of drug-likeness (QED) is 0.621. The molecule has 2 aromatic rings. The average molecular weight is 340 g/mol. The number of nitrogens with zero attached hydrogens (tertiary/aromatic N) is 2. The van der Waals surface area contributed by atoms with E-state index >= 15 is 0 Å². The van der Waals surface area contributed by atoms with Crippen LogP contribution in [0.4, 0.5) is 0 Å². The zero-order valence-electron chi connectivity index (χ0n) is 9.91. The Bertz CT molecular complexity index is 710. The Morgan fingerprint density at radius 3 is 2.89 bits per heavy atom. The van der Waals surface area contributed by atoms with Gasteiger partial charge < -0.3 is 4.74 Å². The fourth-order valence-electron chi connectivity index (χ4n) is 1.75. The van der Waals surface area contributed by atoms with Gasteiger partial charge in [0.1, 0.15) is 5.56 Å². The van der Waals surface area contributed by atoms with Gasteiger partial charge in [-0.2, -0.15) is 5.26 Å². The van der Waals surface area contributed by atoms with Gasteiger partial charge in [-0.3, -0.25) is 4.98 Å². The van der Waals surface area contributed by atoms with Crippen LogP contribution in [0.3, 0.4) is 0 Å².